The van der Waals surface area contributed by atoms with Crippen molar-refractivity contribution in [3.05, 3.63) is 34.4 Å². The lowest BCUT2D eigenvalue weighted by molar-refractivity contribution is 0.534. The van der Waals surface area contributed by atoms with Gasteiger partial charge in [-0.05, 0) is 44.2 Å². The lowest BCUT2D eigenvalue weighted by atomic mass is 10.2. The highest BCUT2D eigenvalue weighted by Gasteiger charge is 2.13. The molecule has 0 aromatic carbocycles. The molecule has 0 aliphatic carbocycles. The molecule has 0 radical (unpaired) electrons. The van der Waals surface area contributed by atoms with Crippen molar-refractivity contribution >= 4 is 11.8 Å². The van der Waals surface area contributed by atoms with E-state index in [9.17, 15) is 4.79 Å². The van der Waals surface area contributed by atoms with Gasteiger partial charge in [-0.3, -0.25) is 4.57 Å². The number of hydrogen-bond donors (Lipinski definition) is 2. The Hall–Kier alpha value is -1.60. The second-order valence-electron chi connectivity index (χ2n) is 4.60. The molecule has 6 nitrogen and oxygen atoms in total. The number of nitrogens with two attached hydrogens (primary N) is 1. The van der Waals surface area contributed by atoms with E-state index in [4.69, 9.17) is 5.73 Å². The maximum absolute atomic E-state index is 11.6. The third-order valence-corrected chi connectivity index (χ3v) is 3.59. The standard InChI is InChI=1S/C12H17N5OS/c1-7(2)17-11(18)15-16-12(17)19-10-5-4-9(6-14-10)8(3)13/h4-8H,13H2,1-3H3,(H,15,18)/t8-/m1/s1. The van der Waals surface area contributed by atoms with Crippen LogP contribution in [-0.2, 0) is 0 Å². The zero-order valence-corrected chi connectivity index (χ0v) is 11.9. The van der Waals surface area contributed by atoms with Crippen LogP contribution < -0.4 is 11.4 Å². The molecule has 0 aliphatic heterocycles. The fraction of sp³-hybridized carbons (Fsp3) is 0.417. The Balaban J connectivity index is 2.24. The second-order valence-corrected chi connectivity index (χ2v) is 5.58. The number of aromatic amines is 1. The van der Waals surface area contributed by atoms with Gasteiger partial charge in [0.2, 0.25) is 0 Å². The number of hydrogen-bond acceptors (Lipinski definition) is 5. The van der Waals surface area contributed by atoms with E-state index in [-0.39, 0.29) is 17.8 Å². The molecule has 3 N–H and O–H groups in total. The summed E-state index contributed by atoms with van der Waals surface area (Å²) in [5, 5.41) is 7.87. The van der Waals surface area contributed by atoms with E-state index in [1.807, 2.05) is 32.9 Å². The van der Waals surface area contributed by atoms with E-state index in [1.165, 1.54) is 11.8 Å². The van der Waals surface area contributed by atoms with Gasteiger partial charge in [-0.1, -0.05) is 6.07 Å². The van der Waals surface area contributed by atoms with Crippen molar-refractivity contribution in [1.29, 1.82) is 0 Å². The first kappa shape index (κ1) is 13.8. The number of H-pyrrole nitrogens is 1. The van der Waals surface area contributed by atoms with Crippen molar-refractivity contribution in [1.82, 2.24) is 19.7 Å². The van der Waals surface area contributed by atoms with Crippen LogP contribution in [-0.4, -0.2) is 19.7 Å². The highest BCUT2D eigenvalue weighted by atomic mass is 32.2. The maximum Gasteiger partial charge on any atom is 0.344 e. The number of pyridine rings is 1. The molecule has 0 bridgehead atoms. The molecule has 2 aromatic heterocycles. The predicted octanol–water partition coefficient (Wildman–Crippen LogP) is 1.72. The van der Waals surface area contributed by atoms with E-state index >= 15 is 0 Å². The summed E-state index contributed by atoms with van der Waals surface area (Å²) < 4.78 is 1.60. The molecule has 0 fully saturated rings. The van der Waals surface area contributed by atoms with Crippen molar-refractivity contribution < 1.29 is 0 Å². The molecule has 2 aromatic rings. The fourth-order valence-corrected chi connectivity index (χ4v) is 2.54. The molecular weight excluding hydrogens is 262 g/mol. The summed E-state index contributed by atoms with van der Waals surface area (Å²) in [5.41, 5.74) is 6.55. The van der Waals surface area contributed by atoms with Gasteiger partial charge in [0, 0.05) is 18.3 Å². The maximum atomic E-state index is 11.6. The molecule has 1 atom stereocenters. The Labute approximate surface area is 115 Å². The minimum atomic E-state index is -0.204. The summed E-state index contributed by atoms with van der Waals surface area (Å²) in [6.07, 6.45) is 1.75. The normalized spacial score (nSPS) is 12.9. The Morgan fingerprint density at radius 2 is 2.11 bits per heavy atom. The lowest BCUT2D eigenvalue weighted by Gasteiger charge is -2.09. The quantitative estimate of drug-likeness (QED) is 0.889. The van der Waals surface area contributed by atoms with Gasteiger partial charge >= 0.3 is 5.69 Å². The average Bonchev–Trinajstić information content (AvgIpc) is 2.71. The van der Waals surface area contributed by atoms with Crippen molar-refractivity contribution in [2.24, 2.45) is 5.73 Å². The Kier molecular flexibility index (Phi) is 4.06. The molecule has 0 amide bonds. The fourth-order valence-electron chi connectivity index (χ4n) is 1.63. The Morgan fingerprint density at radius 3 is 2.63 bits per heavy atom. The SMILES string of the molecule is CC(C)n1c(Sc2ccc([C@@H](C)N)cn2)n[nH]c1=O. The largest absolute Gasteiger partial charge is 0.344 e. The van der Waals surface area contributed by atoms with E-state index in [1.54, 1.807) is 10.8 Å². The van der Waals surface area contributed by atoms with Crippen LogP contribution in [0.25, 0.3) is 0 Å². The van der Waals surface area contributed by atoms with Gasteiger partial charge in [0.25, 0.3) is 0 Å². The van der Waals surface area contributed by atoms with Gasteiger partial charge < -0.3 is 5.73 Å². The van der Waals surface area contributed by atoms with Crippen molar-refractivity contribution in [2.75, 3.05) is 0 Å². The number of nitrogens with zero attached hydrogens (tertiary/aromatic N) is 3. The zero-order valence-electron chi connectivity index (χ0n) is 11.1. The summed E-state index contributed by atoms with van der Waals surface area (Å²) in [6.45, 7) is 5.79. The molecule has 0 saturated heterocycles. The monoisotopic (exact) mass is 279 g/mol. The minimum absolute atomic E-state index is 0.0363. The molecule has 0 unspecified atom stereocenters. The average molecular weight is 279 g/mol. The van der Waals surface area contributed by atoms with Crippen molar-refractivity contribution in [2.45, 2.75) is 43.0 Å². The Morgan fingerprint density at radius 1 is 1.37 bits per heavy atom. The Bertz CT molecular complexity index is 599. The van der Waals surface area contributed by atoms with Crippen LogP contribution in [0.1, 0.15) is 38.4 Å². The van der Waals surface area contributed by atoms with Crippen LogP contribution in [0.15, 0.2) is 33.3 Å². The summed E-state index contributed by atoms with van der Waals surface area (Å²) in [6, 6.07) is 3.83. The molecule has 0 saturated carbocycles. The van der Waals surface area contributed by atoms with Crippen LogP contribution >= 0.6 is 11.8 Å². The first-order chi connectivity index (χ1) is 8.99. The summed E-state index contributed by atoms with van der Waals surface area (Å²) in [4.78, 5) is 15.9. The topological polar surface area (TPSA) is 89.6 Å². The van der Waals surface area contributed by atoms with E-state index < -0.39 is 0 Å². The lowest BCUT2D eigenvalue weighted by Crippen LogP contribution is -2.19. The third-order valence-electron chi connectivity index (χ3n) is 2.67. The van der Waals surface area contributed by atoms with Crippen LogP contribution in [0.3, 0.4) is 0 Å². The van der Waals surface area contributed by atoms with Crippen molar-refractivity contribution in [3.63, 3.8) is 0 Å². The first-order valence-corrected chi connectivity index (χ1v) is 6.87. The van der Waals surface area contributed by atoms with E-state index in [0.29, 0.717) is 5.16 Å². The van der Waals surface area contributed by atoms with Gasteiger partial charge in [-0.15, -0.1) is 5.10 Å². The van der Waals surface area contributed by atoms with Crippen LogP contribution in [0.2, 0.25) is 0 Å². The van der Waals surface area contributed by atoms with Gasteiger partial charge in [-0.2, -0.15) is 0 Å². The molecule has 2 heterocycles. The van der Waals surface area contributed by atoms with Gasteiger partial charge in [-0.25, -0.2) is 14.9 Å². The molecule has 0 spiro atoms. The highest BCUT2D eigenvalue weighted by Crippen LogP contribution is 2.25. The molecule has 19 heavy (non-hydrogen) atoms. The smallest absolute Gasteiger partial charge is 0.324 e. The third kappa shape index (κ3) is 3.05. The van der Waals surface area contributed by atoms with Crippen LogP contribution in [0, 0.1) is 0 Å². The van der Waals surface area contributed by atoms with Gasteiger partial charge in [0.15, 0.2) is 5.16 Å². The summed E-state index contributed by atoms with van der Waals surface area (Å²) in [5.74, 6) is 0. The van der Waals surface area contributed by atoms with Crippen LogP contribution in [0.4, 0.5) is 0 Å². The number of nitrogens with one attached hydrogen (secondary N) is 1. The molecule has 102 valence electrons. The predicted molar refractivity (Wildman–Crippen MR) is 74.2 cm³/mol. The molecule has 7 heteroatoms. The summed E-state index contributed by atoms with van der Waals surface area (Å²) in [7, 11) is 0. The molecular formula is C12H17N5OS. The molecule has 0 aliphatic rings. The van der Waals surface area contributed by atoms with Crippen molar-refractivity contribution in [3.8, 4) is 0 Å². The first-order valence-electron chi connectivity index (χ1n) is 6.05. The number of rotatable bonds is 4. The van der Waals surface area contributed by atoms with Gasteiger partial charge in [0.1, 0.15) is 5.03 Å². The van der Waals surface area contributed by atoms with E-state index in [0.717, 1.165) is 10.6 Å². The summed E-state index contributed by atoms with van der Waals surface area (Å²) >= 11 is 1.35. The number of aromatic nitrogens is 4. The molecule has 2 rings (SSSR count). The zero-order chi connectivity index (χ0) is 14.0. The van der Waals surface area contributed by atoms with Gasteiger partial charge in [0.05, 0.1) is 0 Å². The minimum Gasteiger partial charge on any atom is -0.324 e. The highest BCUT2D eigenvalue weighted by molar-refractivity contribution is 7.99. The van der Waals surface area contributed by atoms with Crippen LogP contribution in [0.5, 0.6) is 0 Å². The second kappa shape index (κ2) is 5.58. The van der Waals surface area contributed by atoms with E-state index in [2.05, 4.69) is 15.2 Å².